The van der Waals surface area contributed by atoms with Gasteiger partial charge in [0.1, 0.15) is 23.0 Å². The number of ketones is 3. The number of Topliss-reactive ketones (excluding diaryl/α,β-unsaturated/α-hetero) is 3. The summed E-state index contributed by atoms with van der Waals surface area (Å²) in [6.07, 6.45) is 0. The fraction of sp³-hybridized carbons (Fsp3) is 0.300. The molecule has 130 valence electrons. The highest BCUT2D eigenvalue weighted by Gasteiger charge is 2.37. The molecule has 0 N–H and O–H groups in total. The smallest absolute Gasteiger partial charge is 0.155 e. The second kappa shape index (κ2) is 7.38. The summed E-state index contributed by atoms with van der Waals surface area (Å²) in [6.45, 7) is 9.75. The molecule has 1 unspecified atom stereocenters. The van der Waals surface area contributed by atoms with Crippen LogP contribution in [-0.4, -0.2) is 22.5 Å². The molecule has 0 bridgehead atoms. The number of benzene rings is 1. The lowest BCUT2D eigenvalue weighted by molar-refractivity contribution is -0.131. The Morgan fingerprint density at radius 3 is 2.08 bits per heavy atom. The summed E-state index contributed by atoms with van der Waals surface area (Å²) in [6, 6.07) is 9.36. The lowest BCUT2D eigenvalue weighted by atomic mass is 9.78. The van der Waals surface area contributed by atoms with Gasteiger partial charge in [-0.15, -0.1) is 0 Å². The molecule has 5 heteroatoms. The van der Waals surface area contributed by atoms with Gasteiger partial charge in [0.15, 0.2) is 5.78 Å². The fourth-order valence-electron chi connectivity index (χ4n) is 2.81. The predicted molar refractivity (Wildman–Crippen MR) is 94.1 cm³/mol. The number of rotatable bonds is 7. The SMILES string of the molecule is C=C(C(C)=O)C(c1cc(-c2ccc(C)cc2)no1)C(C(C)=O)C(C)=O. The van der Waals surface area contributed by atoms with Crippen molar-refractivity contribution in [1.82, 2.24) is 5.16 Å². The minimum Gasteiger partial charge on any atom is -0.360 e. The maximum atomic E-state index is 12.0. The molecule has 0 saturated heterocycles. The van der Waals surface area contributed by atoms with Crippen molar-refractivity contribution in [3.05, 3.63) is 53.8 Å². The van der Waals surface area contributed by atoms with E-state index in [0.29, 0.717) is 5.69 Å². The van der Waals surface area contributed by atoms with E-state index in [9.17, 15) is 14.4 Å². The maximum Gasteiger partial charge on any atom is 0.155 e. The Bertz CT molecular complexity index is 816. The average Bonchev–Trinajstić information content (AvgIpc) is 3.01. The van der Waals surface area contributed by atoms with Gasteiger partial charge in [-0.2, -0.15) is 0 Å². The zero-order chi connectivity index (χ0) is 18.7. The summed E-state index contributed by atoms with van der Waals surface area (Å²) >= 11 is 0. The molecule has 0 radical (unpaired) electrons. The topological polar surface area (TPSA) is 77.2 Å². The largest absolute Gasteiger partial charge is 0.360 e. The molecule has 1 atom stereocenters. The van der Waals surface area contributed by atoms with E-state index in [1.165, 1.54) is 20.8 Å². The van der Waals surface area contributed by atoms with Gasteiger partial charge in [-0.25, -0.2) is 0 Å². The van der Waals surface area contributed by atoms with Gasteiger partial charge in [-0.05, 0) is 33.3 Å². The molecular formula is C20H21NO4. The molecule has 1 heterocycles. The van der Waals surface area contributed by atoms with Crippen molar-refractivity contribution in [3.63, 3.8) is 0 Å². The maximum absolute atomic E-state index is 12.0. The Balaban J connectivity index is 2.50. The van der Waals surface area contributed by atoms with Crippen LogP contribution in [0.2, 0.25) is 0 Å². The Hall–Kier alpha value is -2.82. The van der Waals surface area contributed by atoms with Gasteiger partial charge in [0, 0.05) is 11.6 Å². The van der Waals surface area contributed by atoms with E-state index in [-0.39, 0.29) is 28.7 Å². The van der Waals surface area contributed by atoms with Crippen molar-refractivity contribution < 1.29 is 18.9 Å². The normalized spacial score (nSPS) is 12.0. The molecule has 0 aliphatic rings. The van der Waals surface area contributed by atoms with Crippen LogP contribution in [0, 0.1) is 12.8 Å². The number of carbonyl (C=O) groups is 3. The molecule has 0 aliphatic carbocycles. The first-order valence-corrected chi connectivity index (χ1v) is 7.96. The molecular weight excluding hydrogens is 318 g/mol. The van der Waals surface area contributed by atoms with Gasteiger partial charge < -0.3 is 4.52 Å². The number of nitrogens with zero attached hydrogens (tertiary/aromatic N) is 1. The Kier molecular flexibility index (Phi) is 5.47. The molecule has 2 aromatic rings. The summed E-state index contributed by atoms with van der Waals surface area (Å²) in [7, 11) is 0. The molecule has 0 aliphatic heterocycles. The summed E-state index contributed by atoms with van der Waals surface area (Å²) < 4.78 is 5.40. The molecule has 25 heavy (non-hydrogen) atoms. The van der Waals surface area contributed by atoms with Crippen LogP contribution in [0.4, 0.5) is 0 Å². The molecule has 5 nitrogen and oxygen atoms in total. The molecule has 0 spiro atoms. The van der Waals surface area contributed by atoms with Crippen molar-refractivity contribution in [3.8, 4) is 11.3 Å². The van der Waals surface area contributed by atoms with E-state index < -0.39 is 11.8 Å². The summed E-state index contributed by atoms with van der Waals surface area (Å²) in [5.74, 6) is -2.56. The van der Waals surface area contributed by atoms with Crippen LogP contribution >= 0.6 is 0 Å². The average molecular weight is 339 g/mol. The van der Waals surface area contributed by atoms with Gasteiger partial charge in [0.2, 0.25) is 0 Å². The van der Waals surface area contributed by atoms with Crippen LogP contribution in [0.3, 0.4) is 0 Å². The molecule has 0 amide bonds. The first-order valence-electron chi connectivity index (χ1n) is 7.96. The monoisotopic (exact) mass is 339 g/mol. The van der Waals surface area contributed by atoms with Crippen LogP contribution in [0.1, 0.15) is 38.0 Å². The van der Waals surface area contributed by atoms with Gasteiger partial charge in [0.05, 0.1) is 11.8 Å². The van der Waals surface area contributed by atoms with Gasteiger partial charge >= 0.3 is 0 Å². The van der Waals surface area contributed by atoms with Crippen LogP contribution < -0.4 is 0 Å². The number of aryl methyl sites for hydroxylation is 1. The first kappa shape index (κ1) is 18.5. The minimum atomic E-state index is -1.02. The predicted octanol–water partition coefficient (Wildman–Crippen LogP) is 3.67. The van der Waals surface area contributed by atoms with Gasteiger partial charge in [-0.3, -0.25) is 14.4 Å². The Labute approximate surface area is 146 Å². The highest BCUT2D eigenvalue weighted by molar-refractivity contribution is 6.04. The standard InChI is InChI=1S/C20H21NO4/c1-11-6-8-16(9-7-11)17-10-18(25-21-17)19(12(2)13(3)22)20(14(4)23)15(5)24/h6-10,19-20H,2H2,1,3-5H3. The Morgan fingerprint density at radius 1 is 1.04 bits per heavy atom. The number of allylic oxidation sites excluding steroid dienone is 1. The van der Waals surface area contributed by atoms with Gasteiger partial charge in [0.25, 0.3) is 0 Å². The van der Waals surface area contributed by atoms with E-state index in [0.717, 1.165) is 11.1 Å². The van der Waals surface area contributed by atoms with Crippen LogP contribution in [-0.2, 0) is 14.4 Å². The number of carbonyl (C=O) groups excluding carboxylic acids is 3. The third-order valence-electron chi connectivity index (χ3n) is 4.22. The zero-order valence-electron chi connectivity index (χ0n) is 14.8. The minimum absolute atomic E-state index is 0.155. The lowest BCUT2D eigenvalue weighted by Crippen LogP contribution is -2.29. The Morgan fingerprint density at radius 2 is 1.60 bits per heavy atom. The van der Waals surface area contributed by atoms with E-state index in [1.54, 1.807) is 6.07 Å². The molecule has 1 aromatic heterocycles. The number of aromatic nitrogens is 1. The van der Waals surface area contributed by atoms with Crippen LogP contribution in [0.5, 0.6) is 0 Å². The first-order chi connectivity index (χ1) is 11.7. The second-order valence-electron chi connectivity index (χ2n) is 6.24. The highest BCUT2D eigenvalue weighted by atomic mass is 16.5. The van der Waals surface area contributed by atoms with Crippen molar-refractivity contribution in [2.75, 3.05) is 0 Å². The van der Waals surface area contributed by atoms with E-state index in [2.05, 4.69) is 11.7 Å². The summed E-state index contributed by atoms with van der Waals surface area (Å²) in [5.41, 5.74) is 2.68. The van der Waals surface area contributed by atoms with Crippen molar-refractivity contribution in [2.45, 2.75) is 33.6 Å². The number of hydrogen-bond donors (Lipinski definition) is 0. The highest BCUT2D eigenvalue weighted by Crippen LogP contribution is 2.35. The number of hydrogen-bond acceptors (Lipinski definition) is 5. The van der Waals surface area contributed by atoms with Gasteiger partial charge in [-0.1, -0.05) is 41.6 Å². The molecule has 0 saturated carbocycles. The lowest BCUT2D eigenvalue weighted by Gasteiger charge is -2.21. The third kappa shape index (κ3) is 3.99. The zero-order valence-corrected chi connectivity index (χ0v) is 14.8. The molecule has 1 aromatic carbocycles. The van der Waals surface area contributed by atoms with Crippen LogP contribution in [0.15, 0.2) is 47.0 Å². The molecule has 0 fully saturated rings. The fourth-order valence-corrected chi connectivity index (χ4v) is 2.81. The second-order valence-corrected chi connectivity index (χ2v) is 6.24. The molecule has 2 rings (SSSR count). The van der Waals surface area contributed by atoms with Crippen molar-refractivity contribution in [1.29, 1.82) is 0 Å². The summed E-state index contributed by atoms with van der Waals surface area (Å²) in [5, 5.41) is 4.03. The third-order valence-corrected chi connectivity index (χ3v) is 4.22. The van der Waals surface area contributed by atoms with E-state index in [4.69, 9.17) is 4.52 Å². The van der Waals surface area contributed by atoms with Crippen molar-refractivity contribution in [2.24, 2.45) is 5.92 Å². The van der Waals surface area contributed by atoms with Crippen molar-refractivity contribution >= 4 is 17.3 Å². The quantitative estimate of drug-likeness (QED) is 0.568. The van der Waals surface area contributed by atoms with E-state index >= 15 is 0 Å². The van der Waals surface area contributed by atoms with E-state index in [1.807, 2.05) is 31.2 Å². The summed E-state index contributed by atoms with van der Waals surface area (Å²) in [4.78, 5) is 35.9. The van der Waals surface area contributed by atoms with Crippen LogP contribution in [0.25, 0.3) is 11.3 Å².